The molecule has 2 aromatic carbocycles. The first-order chi connectivity index (χ1) is 9.83. The third kappa shape index (κ3) is 3.34. The lowest BCUT2D eigenvalue weighted by Gasteiger charge is -2.10. The summed E-state index contributed by atoms with van der Waals surface area (Å²) >= 11 is 0. The van der Waals surface area contributed by atoms with Crippen molar-refractivity contribution in [2.24, 2.45) is 0 Å². The van der Waals surface area contributed by atoms with Crippen LogP contribution in [0, 0.1) is 17.5 Å². The molecule has 0 aliphatic rings. The maximum Gasteiger partial charge on any atom is 0.261 e. The minimum absolute atomic E-state index is 0.233. The van der Waals surface area contributed by atoms with Crippen LogP contribution in [0.15, 0.2) is 41.3 Å². The molecule has 0 aliphatic carbocycles. The van der Waals surface area contributed by atoms with Crippen LogP contribution in [0.2, 0.25) is 0 Å². The van der Waals surface area contributed by atoms with Crippen LogP contribution in [0.5, 0.6) is 0 Å². The molecule has 112 valence electrons. The second-order valence-corrected chi connectivity index (χ2v) is 5.84. The average molecular weight is 317 g/mol. The number of rotatable bonds is 4. The number of halogens is 3. The fraction of sp³-hybridized carbons (Fsp3) is 0.0769. The predicted octanol–water partition coefficient (Wildman–Crippen LogP) is 2.40. The third-order valence-corrected chi connectivity index (χ3v) is 4.03. The van der Waals surface area contributed by atoms with Gasteiger partial charge in [-0.2, -0.15) is 0 Å². The van der Waals surface area contributed by atoms with E-state index in [4.69, 9.17) is 5.11 Å². The fourth-order valence-corrected chi connectivity index (χ4v) is 2.66. The maximum atomic E-state index is 13.4. The van der Waals surface area contributed by atoms with Crippen molar-refractivity contribution in [3.63, 3.8) is 0 Å². The first kappa shape index (κ1) is 15.3. The van der Waals surface area contributed by atoms with E-state index in [-0.39, 0.29) is 11.5 Å². The summed E-state index contributed by atoms with van der Waals surface area (Å²) in [6.45, 7) is -0.266. The van der Waals surface area contributed by atoms with Gasteiger partial charge in [-0.05, 0) is 17.7 Å². The average Bonchev–Trinajstić information content (AvgIpc) is 2.44. The molecule has 2 N–H and O–H groups in total. The van der Waals surface area contributed by atoms with Gasteiger partial charge in [0.15, 0.2) is 11.6 Å². The lowest BCUT2D eigenvalue weighted by atomic mass is 10.2. The lowest BCUT2D eigenvalue weighted by molar-refractivity contribution is 0.282. The molecule has 0 amide bonds. The van der Waals surface area contributed by atoms with Gasteiger partial charge in [0.05, 0.1) is 17.2 Å². The van der Waals surface area contributed by atoms with Crippen molar-refractivity contribution in [3.8, 4) is 0 Å². The van der Waals surface area contributed by atoms with Gasteiger partial charge in [0.2, 0.25) is 0 Å². The van der Waals surface area contributed by atoms with E-state index in [9.17, 15) is 21.6 Å². The Morgan fingerprint density at radius 2 is 1.67 bits per heavy atom. The van der Waals surface area contributed by atoms with Gasteiger partial charge < -0.3 is 5.11 Å². The molecule has 0 heterocycles. The molecular weight excluding hydrogens is 307 g/mol. The smallest absolute Gasteiger partial charge is 0.261 e. The van der Waals surface area contributed by atoms with Crippen molar-refractivity contribution in [1.82, 2.24) is 0 Å². The Bertz CT molecular complexity index is 761. The van der Waals surface area contributed by atoms with E-state index in [0.29, 0.717) is 17.7 Å². The van der Waals surface area contributed by atoms with Crippen molar-refractivity contribution in [1.29, 1.82) is 0 Å². The van der Waals surface area contributed by atoms with Crippen molar-refractivity contribution in [2.45, 2.75) is 11.5 Å². The number of benzene rings is 2. The van der Waals surface area contributed by atoms with Crippen LogP contribution in [0.1, 0.15) is 5.56 Å². The number of hydrogen-bond acceptors (Lipinski definition) is 3. The highest BCUT2D eigenvalue weighted by atomic mass is 32.2. The van der Waals surface area contributed by atoms with Crippen molar-refractivity contribution >= 4 is 15.7 Å². The zero-order valence-electron chi connectivity index (χ0n) is 10.5. The van der Waals surface area contributed by atoms with Crippen LogP contribution < -0.4 is 4.72 Å². The normalized spacial score (nSPS) is 11.4. The molecule has 21 heavy (non-hydrogen) atoms. The standard InChI is InChI=1S/C13H10F3NO3S/c14-9-5-11(15)13(16)12(6-9)17-21(19,20)10-3-1-8(7-18)2-4-10/h1-6,17-18H,7H2. The van der Waals surface area contributed by atoms with Gasteiger partial charge in [0.1, 0.15) is 5.82 Å². The highest BCUT2D eigenvalue weighted by Gasteiger charge is 2.19. The molecule has 4 nitrogen and oxygen atoms in total. The molecular formula is C13H10F3NO3S. The molecule has 8 heteroatoms. The zero-order valence-corrected chi connectivity index (χ0v) is 11.3. The van der Waals surface area contributed by atoms with Crippen molar-refractivity contribution in [3.05, 3.63) is 59.4 Å². The molecule has 0 aliphatic heterocycles. The second-order valence-electron chi connectivity index (χ2n) is 4.16. The van der Waals surface area contributed by atoms with Gasteiger partial charge in [-0.3, -0.25) is 4.72 Å². The summed E-state index contributed by atoms with van der Waals surface area (Å²) in [5.41, 5.74) is -0.337. The number of nitrogens with one attached hydrogen (secondary N) is 1. The molecule has 0 aromatic heterocycles. The highest BCUT2D eigenvalue weighted by Crippen LogP contribution is 2.22. The molecule has 0 saturated carbocycles. The molecule has 0 unspecified atom stereocenters. The molecule has 0 spiro atoms. The van der Waals surface area contributed by atoms with E-state index < -0.39 is 33.2 Å². The monoisotopic (exact) mass is 317 g/mol. The molecule has 2 aromatic rings. The minimum Gasteiger partial charge on any atom is -0.392 e. The van der Waals surface area contributed by atoms with Gasteiger partial charge >= 0.3 is 0 Å². The van der Waals surface area contributed by atoms with E-state index in [1.807, 2.05) is 0 Å². The summed E-state index contributed by atoms with van der Waals surface area (Å²) < 4.78 is 65.3. The number of sulfonamides is 1. The van der Waals surface area contributed by atoms with E-state index >= 15 is 0 Å². The van der Waals surface area contributed by atoms with Crippen LogP contribution >= 0.6 is 0 Å². The Balaban J connectivity index is 2.37. The number of anilines is 1. The van der Waals surface area contributed by atoms with E-state index in [0.717, 1.165) is 0 Å². The van der Waals surface area contributed by atoms with Crippen LogP contribution in [-0.4, -0.2) is 13.5 Å². The summed E-state index contributed by atoms with van der Waals surface area (Å²) in [5, 5.41) is 8.87. The van der Waals surface area contributed by atoms with Crippen molar-refractivity contribution < 1.29 is 26.7 Å². The molecule has 0 radical (unpaired) electrons. The molecule has 2 rings (SSSR count). The Kier molecular flexibility index (Phi) is 4.19. The molecule has 0 atom stereocenters. The number of hydrogen-bond donors (Lipinski definition) is 2. The number of aliphatic hydroxyl groups is 1. The van der Waals surface area contributed by atoms with E-state index in [2.05, 4.69) is 0 Å². The minimum atomic E-state index is -4.20. The first-order valence-electron chi connectivity index (χ1n) is 5.70. The van der Waals surface area contributed by atoms with Crippen LogP contribution in [0.25, 0.3) is 0 Å². The summed E-state index contributed by atoms with van der Waals surface area (Å²) in [7, 11) is -4.20. The molecule has 0 saturated heterocycles. The van der Waals surface area contributed by atoms with Crippen molar-refractivity contribution in [2.75, 3.05) is 4.72 Å². The van der Waals surface area contributed by atoms with Gasteiger partial charge in [0.25, 0.3) is 10.0 Å². The fourth-order valence-electron chi connectivity index (χ4n) is 1.61. The molecule has 0 bridgehead atoms. The number of aliphatic hydroxyl groups excluding tert-OH is 1. The summed E-state index contributed by atoms with van der Waals surface area (Å²) in [4.78, 5) is -0.233. The largest absolute Gasteiger partial charge is 0.392 e. The van der Waals surface area contributed by atoms with E-state index in [1.54, 1.807) is 4.72 Å². The van der Waals surface area contributed by atoms with Crippen LogP contribution in [0.4, 0.5) is 18.9 Å². The quantitative estimate of drug-likeness (QED) is 0.851. The Labute approximate surface area is 118 Å². The first-order valence-corrected chi connectivity index (χ1v) is 7.19. The SMILES string of the molecule is O=S(=O)(Nc1cc(F)cc(F)c1F)c1ccc(CO)cc1. The maximum absolute atomic E-state index is 13.4. The second kappa shape index (κ2) is 5.74. The highest BCUT2D eigenvalue weighted by molar-refractivity contribution is 7.92. The summed E-state index contributed by atoms with van der Waals surface area (Å²) in [6, 6.07) is 5.93. The Morgan fingerprint density at radius 1 is 1.05 bits per heavy atom. The predicted molar refractivity (Wildman–Crippen MR) is 69.5 cm³/mol. The van der Waals surface area contributed by atoms with Gasteiger partial charge in [-0.25, -0.2) is 21.6 Å². The summed E-state index contributed by atoms with van der Waals surface area (Å²) in [6.07, 6.45) is 0. The Morgan fingerprint density at radius 3 is 2.24 bits per heavy atom. The van der Waals surface area contributed by atoms with Gasteiger partial charge in [-0.15, -0.1) is 0 Å². The topological polar surface area (TPSA) is 66.4 Å². The van der Waals surface area contributed by atoms with Gasteiger partial charge in [-0.1, -0.05) is 12.1 Å². The lowest BCUT2D eigenvalue weighted by Crippen LogP contribution is -2.14. The zero-order chi connectivity index (χ0) is 15.6. The third-order valence-electron chi connectivity index (χ3n) is 2.65. The Hall–Kier alpha value is -2.06. The summed E-state index contributed by atoms with van der Waals surface area (Å²) in [5.74, 6) is -4.10. The molecule has 0 fully saturated rings. The van der Waals surface area contributed by atoms with Crippen LogP contribution in [0.3, 0.4) is 0 Å². The van der Waals surface area contributed by atoms with Gasteiger partial charge in [0, 0.05) is 12.1 Å². The van der Waals surface area contributed by atoms with E-state index in [1.165, 1.54) is 24.3 Å². The van der Waals surface area contributed by atoms with Crippen LogP contribution in [-0.2, 0) is 16.6 Å².